The molecule has 0 radical (unpaired) electrons. The Hall–Kier alpha value is -1.56. The maximum absolute atomic E-state index is 11.9. The molecule has 0 aromatic heterocycles. The zero-order valence-electron chi connectivity index (χ0n) is 10.9. The van der Waals surface area contributed by atoms with Crippen molar-refractivity contribution in [2.75, 3.05) is 19.8 Å². The van der Waals surface area contributed by atoms with Crippen LogP contribution in [-0.2, 0) is 14.3 Å². The summed E-state index contributed by atoms with van der Waals surface area (Å²) in [5.41, 5.74) is -0.573. The highest BCUT2D eigenvalue weighted by Gasteiger charge is 2.29. The minimum atomic E-state index is -1.05. The molecule has 1 aliphatic rings. The van der Waals surface area contributed by atoms with Crippen LogP contribution in [0.4, 0.5) is 4.79 Å². The maximum atomic E-state index is 11.9. The van der Waals surface area contributed by atoms with E-state index in [-0.39, 0.29) is 6.61 Å². The molecular formula is C12H19NO5. The second-order valence-electron chi connectivity index (χ2n) is 5.01. The minimum Gasteiger partial charge on any atom is -0.478 e. The van der Waals surface area contributed by atoms with Crippen molar-refractivity contribution in [3.8, 4) is 0 Å². The number of rotatable bonds is 2. The molecule has 0 aromatic carbocycles. The molecule has 6 heteroatoms. The summed E-state index contributed by atoms with van der Waals surface area (Å²) in [6, 6.07) is -0.398. The van der Waals surface area contributed by atoms with Gasteiger partial charge in [-0.3, -0.25) is 4.90 Å². The van der Waals surface area contributed by atoms with Gasteiger partial charge in [-0.05, 0) is 20.8 Å². The molecule has 1 saturated heterocycles. The van der Waals surface area contributed by atoms with E-state index in [2.05, 4.69) is 0 Å². The second-order valence-corrected chi connectivity index (χ2v) is 5.01. The Kier molecular flexibility index (Phi) is 4.72. The summed E-state index contributed by atoms with van der Waals surface area (Å²) >= 11 is 0. The van der Waals surface area contributed by atoms with E-state index < -0.39 is 23.7 Å². The molecule has 0 spiro atoms. The summed E-state index contributed by atoms with van der Waals surface area (Å²) in [6.07, 6.45) is 1.99. The number of carboxylic acid groups (broad SMARTS) is 1. The molecule has 0 aromatic rings. The Morgan fingerprint density at radius 3 is 2.67 bits per heavy atom. The van der Waals surface area contributed by atoms with E-state index in [9.17, 15) is 9.59 Å². The van der Waals surface area contributed by atoms with E-state index in [1.165, 1.54) is 11.0 Å². The van der Waals surface area contributed by atoms with Gasteiger partial charge in [0, 0.05) is 12.6 Å². The quantitative estimate of drug-likeness (QED) is 0.754. The maximum Gasteiger partial charge on any atom is 0.410 e. The van der Waals surface area contributed by atoms with Gasteiger partial charge in [0.2, 0.25) is 0 Å². The van der Waals surface area contributed by atoms with Crippen LogP contribution in [0.15, 0.2) is 12.2 Å². The highest BCUT2D eigenvalue weighted by atomic mass is 16.6. The molecule has 0 unspecified atom stereocenters. The van der Waals surface area contributed by atoms with Crippen molar-refractivity contribution in [2.24, 2.45) is 0 Å². The zero-order chi connectivity index (χ0) is 13.8. The van der Waals surface area contributed by atoms with Crippen molar-refractivity contribution < 1.29 is 24.2 Å². The number of carboxylic acids is 1. The highest BCUT2D eigenvalue weighted by Crippen LogP contribution is 2.15. The molecule has 1 amide bonds. The fourth-order valence-corrected chi connectivity index (χ4v) is 1.52. The number of carbonyl (C=O) groups excluding carboxylic acids is 1. The molecule has 1 aliphatic heterocycles. The van der Waals surface area contributed by atoms with Crippen LogP contribution in [0.25, 0.3) is 0 Å². The lowest BCUT2D eigenvalue weighted by atomic mass is 10.2. The van der Waals surface area contributed by atoms with E-state index in [1.54, 1.807) is 20.8 Å². The van der Waals surface area contributed by atoms with Gasteiger partial charge in [-0.2, -0.15) is 0 Å². The monoisotopic (exact) mass is 257 g/mol. The average molecular weight is 257 g/mol. The van der Waals surface area contributed by atoms with Gasteiger partial charge in [-0.15, -0.1) is 0 Å². The summed E-state index contributed by atoms with van der Waals surface area (Å²) in [4.78, 5) is 23.9. The van der Waals surface area contributed by atoms with Crippen LogP contribution in [0.1, 0.15) is 20.8 Å². The van der Waals surface area contributed by atoms with Gasteiger partial charge in [0.05, 0.1) is 19.3 Å². The summed E-state index contributed by atoms with van der Waals surface area (Å²) in [5, 5.41) is 8.59. The largest absolute Gasteiger partial charge is 0.478 e. The molecular weight excluding hydrogens is 238 g/mol. The third-order valence-corrected chi connectivity index (χ3v) is 2.25. The zero-order valence-corrected chi connectivity index (χ0v) is 10.9. The lowest BCUT2D eigenvalue weighted by molar-refractivity contribution is -0.131. The third kappa shape index (κ3) is 4.75. The number of morpholine rings is 1. The molecule has 0 bridgehead atoms. The van der Waals surface area contributed by atoms with E-state index in [0.29, 0.717) is 13.2 Å². The van der Waals surface area contributed by atoms with Gasteiger partial charge in [0.25, 0.3) is 0 Å². The Bertz CT molecular complexity index is 345. The van der Waals surface area contributed by atoms with E-state index >= 15 is 0 Å². The van der Waals surface area contributed by atoms with Crippen LogP contribution in [0.3, 0.4) is 0 Å². The molecule has 1 rings (SSSR count). The fourth-order valence-electron chi connectivity index (χ4n) is 1.52. The SMILES string of the molecule is CC(C)(C)OC(=O)N1CCOC[C@H]1/C=C/C(=O)O. The van der Waals surface area contributed by atoms with Gasteiger partial charge in [-0.25, -0.2) is 9.59 Å². The Morgan fingerprint density at radius 2 is 2.11 bits per heavy atom. The number of nitrogens with zero attached hydrogens (tertiary/aromatic N) is 1. The molecule has 102 valence electrons. The van der Waals surface area contributed by atoms with Crippen molar-refractivity contribution in [3.63, 3.8) is 0 Å². The number of hydrogen-bond acceptors (Lipinski definition) is 4. The fraction of sp³-hybridized carbons (Fsp3) is 0.667. The van der Waals surface area contributed by atoms with E-state index in [4.69, 9.17) is 14.6 Å². The summed E-state index contributed by atoms with van der Waals surface area (Å²) in [5.74, 6) is -1.05. The Morgan fingerprint density at radius 1 is 1.44 bits per heavy atom. The van der Waals surface area contributed by atoms with Crippen molar-refractivity contribution >= 4 is 12.1 Å². The first-order chi connectivity index (χ1) is 8.29. The standard InChI is InChI=1S/C12H19NO5/c1-12(2,3)18-11(16)13-6-7-17-8-9(13)4-5-10(14)15/h4-5,9H,6-8H2,1-3H3,(H,14,15)/b5-4+/t9-/m1/s1. The number of aliphatic carboxylic acids is 1. The van der Waals surface area contributed by atoms with Crippen molar-refractivity contribution in [1.82, 2.24) is 4.90 Å². The molecule has 6 nitrogen and oxygen atoms in total. The lowest BCUT2D eigenvalue weighted by Crippen LogP contribution is -2.49. The topological polar surface area (TPSA) is 76.1 Å². The smallest absolute Gasteiger partial charge is 0.410 e. The van der Waals surface area contributed by atoms with Crippen molar-refractivity contribution in [1.29, 1.82) is 0 Å². The van der Waals surface area contributed by atoms with Crippen molar-refractivity contribution in [3.05, 3.63) is 12.2 Å². The number of amides is 1. The van der Waals surface area contributed by atoms with Crippen LogP contribution in [0.5, 0.6) is 0 Å². The van der Waals surface area contributed by atoms with Gasteiger partial charge in [0.1, 0.15) is 5.60 Å². The highest BCUT2D eigenvalue weighted by molar-refractivity contribution is 5.80. The van der Waals surface area contributed by atoms with Gasteiger partial charge < -0.3 is 14.6 Å². The summed E-state index contributed by atoms with van der Waals surface area (Å²) in [6.45, 7) is 6.46. The average Bonchev–Trinajstić information content (AvgIpc) is 2.24. The van der Waals surface area contributed by atoms with Crippen LogP contribution in [0.2, 0.25) is 0 Å². The summed E-state index contributed by atoms with van der Waals surface area (Å²) < 4.78 is 10.5. The van der Waals surface area contributed by atoms with E-state index in [0.717, 1.165) is 6.08 Å². The second kappa shape index (κ2) is 5.86. The molecule has 0 saturated carbocycles. The molecule has 18 heavy (non-hydrogen) atoms. The molecule has 1 atom stereocenters. The number of carbonyl (C=O) groups is 2. The predicted molar refractivity (Wildman–Crippen MR) is 64.3 cm³/mol. The molecule has 1 N–H and O–H groups in total. The lowest BCUT2D eigenvalue weighted by Gasteiger charge is -2.35. The number of hydrogen-bond donors (Lipinski definition) is 1. The van der Waals surface area contributed by atoms with Crippen LogP contribution in [0, 0.1) is 0 Å². The van der Waals surface area contributed by atoms with Crippen LogP contribution in [-0.4, -0.2) is 53.5 Å². The summed E-state index contributed by atoms with van der Waals surface area (Å²) in [7, 11) is 0. The first-order valence-corrected chi connectivity index (χ1v) is 5.78. The van der Waals surface area contributed by atoms with Crippen molar-refractivity contribution in [2.45, 2.75) is 32.4 Å². The van der Waals surface area contributed by atoms with Crippen LogP contribution < -0.4 is 0 Å². The molecule has 1 heterocycles. The van der Waals surface area contributed by atoms with Gasteiger partial charge in [-0.1, -0.05) is 6.08 Å². The molecule has 0 aliphatic carbocycles. The Balaban J connectivity index is 2.70. The number of ether oxygens (including phenoxy) is 2. The molecule has 1 fully saturated rings. The first-order valence-electron chi connectivity index (χ1n) is 5.78. The van der Waals surface area contributed by atoms with Crippen LogP contribution >= 0.6 is 0 Å². The Labute approximate surface area is 106 Å². The first kappa shape index (κ1) is 14.5. The van der Waals surface area contributed by atoms with Gasteiger partial charge in [0.15, 0.2) is 0 Å². The van der Waals surface area contributed by atoms with Gasteiger partial charge >= 0.3 is 12.1 Å². The minimum absolute atomic E-state index is 0.281. The van der Waals surface area contributed by atoms with E-state index in [1.807, 2.05) is 0 Å². The predicted octanol–water partition coefficient (Wildman–Crippen LogP) is 1.26. The third-order valence-electron chi connectivity index (χ3n) is 2.25. The normalized spacial score (nSPS) is 21.1.